The number of rotatable bonds is 3. The molecule has 0 aromatic heterocycles. The molecule has 1 saturated heterocycles. The van der Waals surface area contributed by atoms with Crippen LogP contribution in [0.3, 0.4) is 0 Å². The fourth-order valence-corrected chi connectivity index (χ4v) is 2.55. The predicted octanol–water partition coefficient (Wildman–Crippen LogP) is -1.11. The Morgan fingerprint density at radius 1 is 1.87 bits per heavy atom. The fraction of sp³-hybridized carbons (Fsp3) is 0.778. The molecule has 6 nitrogen and oxygen atoms in total. The number of nitrogens with two attached hydrogens (primary N) is 1. The Labute approximate surface area is 89.4 Å². The Morgan fingerprint density at radius 3 is 3.27 bits per heavy atom. The van der Waals surface area contributed by atoms with Gasteiger partial charge in [0, 0.05) is 13.1 Å². The van der Waals surface area contributed by atoms with Crippen LogP contribution in [0.4, 0.5) is 0 Å². The van der Waals surface area contributed by atoms with Gasteiger partial charge >= 0.3 is 0 Å². The van der Waals surface area contributed by atoms with E-state index in [-0.39, 0.29) is 11.7 Å². The first kappa shape index (κ1) is 10.2. The maximum absolute atomic E-state index is 6.98. The van der Waals surface area contributed by atoms with Gasteiger partial charge in [-0.05, 0) is 19.9 Å². The highest BCUT2D eigenvalue weighted by molar-refractivity contribution is 5.81. The molecule has 6 heteroatoms. The Balaban J connectivity index is 2.14. The van der Waals surface area contributed by atoms with E-state index in [4.69, 9.17) is 11.1 Å². The number of likely N-dealkylation sites (tertiary alicyclic amines) is 1. The minimum absolute atomic E-state index is 0.0894. The molecular weight excluding hydrogens is 192 g/mol. The van der Waals surface area contributed by atoms with E-state index < -0.39 is 0 Å². The second kappa shape index (κ2) is 3.69. The van der Waals surface area contributed by atoms with Gasteiger partial charge < -0.3 is 16.4 Å². The highest BCUT2D eigenvalue weighted by atomic mass is 15.4. The van der Waals surface area contributed by atoms with Gasteiger partial charge in [-0.1, -0.05) is 0 Å². The molecule has 2 aliphatic rings. The first-order valence-corrected chi connectivity index (χ1v) is 5.24. The lowest BCUT2D eigenvalue weighted by Crippen LogP contribution is -2.60. The third-order valence-corrected chi connectivity index (χ3v) is 3.34. The fourth-order valence-electron chi connectivity index (χ4n) is 2.55. The first-order chi connectivity index (χ1) is 7.19. The molecule has 2 aliphatic heterocycles. The molecule has 5 N–H and O–H groups in total. The van der Waals surface area contributed by atoms with Gasteiger partial charge in [0.05, 0.1) is 6.34 Å². The molecule has 1 unspecified atom stereocenters. The molecule has 2 atom stereocenters. The molecule has 0 amide bonds. The summed E-state index contributed by atoms with van der Waals surface area (Å²) in [6.07, 6.45) is 3.41. The second-order valence-electron chi connectivity index (χ2n) is 4.16. The van der Waals surface area contributed by atoms with E-state index in [1.165, 1.54) is 6.34 Å². The van der Waals surface area contributed by atoms with Gasteiger partial charge in [0.2, 0.25) is 0 Å². The zero-order chi connectivity index (χ0) is 10.9. The zero-order valence-corrected chi connectivity index (χ0v) is 8.95. The van der Waals surface area contributed by atoms with Crippen LogP contribution < -0.4 is 16.4 Å². The lowest BCUT2D eigenvalue weighted by molar-refractivity contribution is 0.135. The summed E-state index contributed by atoms with van der Waals surface area (Å²) in [4.78, 5) is 6.66. The summed E-state index contributed by atoms with van der Waals surface area (Å²) in [7, 11) is 2.09. The van der Waals surface area contributed by atoms with Gasteiger partial charge in [-0.25, -0.2) is 4.99 Å². The molecule has 0 bridgehead atoms. The van der Waals surface area contributed by atoms with Crippen LogP contribution >= 0.6 is 0 Å². The predicted molar refractivity (Wildman–Crippen MR) is 59.9 cm³/mol. The highest BCUT2D eigenvalue weighted by Crippen LogP contribution is 2.32. The highest BCUT2D eigenvalue weighted by Gasteiger charge is 2.49. The van der Waals surface area contributed by atoms with Gasteiger partial charge in [0.1, 0.15) is 11.7 Å². The number of aliphatic imine (C=N–C) groups is 1. The van der Waals surface area contributed by atoms with Crippen molar-refractivity contribution in [3.05, 3.63) is 0 Å². The van der Waals surface area contributed by atoms with E-state index in [9.17, 15) is 0 Å². The Kier molecular flexibility index (Phi) is 2.52. The number of likely N-dealkylation sites (N-methyl/N-ethyl adjacent to an activating group) is 1. The number of nitrogens with zero attached hydrogens (tertiary/aromatic N) is 2. The summed E-state index contributed by atoms with van der Waals surface area (Å²) < 4.78 is 0. The van der Waals surface area contributed by atoms with E-state index >= 15 is 0 Å². The quantitative estimate of drug-likeness (QED) is 0.351. The van der Waals surface area contributed by atoms with E-state index in [0.29, 0.717) is 12.5 Å². The monoisotopic (exact) mass is 210 g/mol. The van der Waals surface area contributed by atoms with E-state index in [1.54, 1.807) is 0 Å². The van der Waals surface area contributed by atoms with Crippen LogP contribution in [-0.2, 0) is 0 Å². The number of hydrogen-bond donors (Lipinski definition) is 4. The van der Waals surface area contributed by atoms with Gasteiger partial charge in [-0.3, -0.25) is 10.3 Å². The van der Waals surface area contributed by atoms with E-state index in [2.05, 4.69) is 27.6 Å². The van der Waals surface area contributed by atoms with Crippen molar-refractivity contribution in [3.63, 3.8) is 0 Å². The maximum atomic E-state index is 6.98. The maximum Gasteiger partial charge on any atom is 0.190 e. The zero-order valence-electron chi connectivity index (χ0n) is 8.95. The Morgan fingerprint density at radius 2 is 2.67 bits per heavy atom. The molecule has 1 spiro atoms. The number of nitrogens with one attached hydrogen (secondary N) is 3. The topological polar surface area (TPSA) is 89.5 Å². The molecule has 84 valence electrons. The van der Waals surface area contributed by atoms with Crippen LogP contribution in [0.25, 0.3) is 0 Å². The van der Waals surface area contributed by atoms with Crippen LogP contribution in [0.15, 0.2) is 4.99 Å². The number of guanidine groups is 1. The van der Waals surface area contributed by atoms with Gasteiger partial charge in [0.15, 0.2) is 5.96 Å². The van der Waals surface area contributed by atoms with E-state index in [0.717, 1.165) is 19.4 Å². The smallest absolute Gasteiger partial charge is 0.190 e. The molecule has 0 aromatic carbocycles. The summed E-state index contributed by atoms with van der Waals surface area (Å²) in [6.45, 7) is 1.72. The normalized spacial score (nSPS) is 35.3. The van der Waals surface area contributed by atoms with Crippen LogP contribution in [0.1, 0.15) is 12.8 Å². The number of hydrogen-bond acceptors (Lipinski definition) is 5. The summed E-state index contributed by atoms with van der Waals surface area (Å²) in [5, 5.41) is 13.1. The van der Waals surface area contributed by atoms with Crippen LogP contribution in [-0.4, -0.2) is 49.0 Å². The largest absolute Gasteiger partial charge is 0.374 e. The molecule has 1 fully saturated rings. The average molecular weight is 210 g/mol. The van der Waals surface area contributed by atoms with Crippen molar-refractivity contribution in [2.75, 3.05) is 20.1 Å². The first-order valence-electron chi connectivity index (χ1n) is 5.24. The third-order valence-electron chi connectivity index (χ3n) is 3.34. The van der Waals surface area contributed by atoms with Crippen LogP contribution in [0, 0.1) is 5.41 Å². The molecule has 2 heterocycles. The molecule has 2 rings (SSSR count). The van der Waals surface area contributed by atoms with Crippen LogP contribution in [0.2, 0.25) is 0 Å². The third kappa shape index (κ3) is 1.54. The van der Waals surface area contributed by atoms with Gasteiger partial charge in [-0.15, -0.1) is 0 Å². The standard InChI is InChI=1S/C9H18N6/c1-15-4-2-3-9(15)7(5-12-6-10)13-8(11)14-9/h6-7H,2-5H2,1H3,(H2,10,12)(H3,11,13,14)/t7?,9-/m1/s1. The summed E-state index contributed by atoms with van der Waals surface area (Å²) in [5.74, 6) is 0.514. The Hall–Kier alpha value is -1.30. The summed E-state index contributed by atoms with van der Waals surface area (Å²) in [5.41, 5.74) is 5.62. The summed E-state index contributed by atoms with van der Waals surface area (Å²) in [6, 6.07) is 0.0894. The van der Waals surface area contributed by atoms with Crippen molar-refractivity contribution in [3.8, 4) is 0 Å². The molecule has 0 saturated carbocycles. The lowest BCUT2D eigenvalue weighted by Gasteiger charge is -2.36. The molecule has 15 heavy (non-hydrogen) atoms. The molecular formula is C9H18N6. The van der Waals surface area contributed by atoms with Crippen molar-refractivity contribution in [1.29, 1.82) is 5.41 Å². The van der Waals surface area contributed by atoms with Gasteiger partial charge in [0.25, 0.3) is 0 Å². The van der Waals surface area contributed by atoms with Crippen molar-refractivity contribution >= 4 is 12.3 Å². The van der Waals surface area contributed by atoms with Gasteiger partial charge in [-0.2, -0.15) is 0 Å². The minimum atomic E-state index is -0.125. The van der Waals surface area contributed by atoms with Crippen molar-refractivity contribution in [1.82, 2.24) is 15.5 Å². The van der Waals surface area contributed by atoms with E-state index in [1.807, 2.05) is 0 Å². The van der Waals surface area contributed by atoms with Crippen molar-refractivity contribution < 1.29 is 0 Å². The molecule has 0 radical (unpaired) electrons. The SMILES string of the molecule is CN1CCC[C@@]12NC(N)=NC2CNC=N. The lowest BCUT2D eigenvalue weighted by atomic mass is 9.99. The average Bonchev–Trinajstić information content (AvgIpc) is 2.70. The molecule has 0 aliphatic carbocycles. The Bertz CT molecular complexity index is 288. The van der Waals surface area contributed by atoms with Crippen molar-refractivity contribution in [2.45, 2.75) is 24.5 Å². The second-order valence-corrected chi connectivity index (χ2v) is 4.16. The van der Waals surface area contributed by atoms with Crippen LogP contribution in [0.5, 0.6) is 0 Å². The molecule has 0 aromatic rings. The minimum Gasteiger partial charge on any atom is -0.374 e. The summed E-state index contributed by atoms with van der Waals surface area (Å²) >= 11 is 0. The van der Waals surface area contributed by atoms with Crippen molar-refractivity contribution in [2.24, 2.45) is 10.7 Å².